The number of nitrogens with zero attached hydrogens (tertiary/aromatic N) is 6. The van der Waals surface area contributed by atoms with Crippen molar-refractivity contribution in [2.45, 2.75) is 13.8 Å². The molecule has 5 heterocycles. The van der Waals surface area contributed by atoms with Crippen LogP contribution in [0, 0.1) is 0 Å². The molecule has 316 valence electrons. The summed E-state index contributed by atoms with van der Waals surface area (Å²) in [5, 5.41) is 8.31. The van der Waals surface area contributed by atoms with Crippen LogP contribution in [0.3, 0.4) is 0 Å². The van der Waals surface area contributed by atoms with Gasteiger partial charge in [0, 0.05) is 61.7 Å². The molecule has 0 amide bonds. The van der Waals surface area contributed by atoms with E-state index in [0.717, 1.165) is 100 Å². The molecule has 0 atom stereocenters. The van der Waals surface area contributed by atoms with Crippen LogP contribution >= 0.6 is 0 Å². The summed E-state index contributed by atoms with van der Waals surface area (Å²) >= 11 is 0. The maximum atomic E-state index is 5.45. The van der Waals surface area contributed by atoms with Crippen LogP contribution in [-0.4, -0.2) is 31.0 Å². The Bertz CT molecular complexity index is 3590. The average molecular weight is 852 g/mol. The van der Waals surface area contributed by atoms with E-state index in [1.54, 1.807) is 0 Å². The molecule has 7 nitrogen and oxygen atoms in total. The lowest BCUT2D eigenvalue weighted by atomic mass is 9.93. The number of aromatic nitrogens is 5. The first-order valence-corrected chi connectivity index (χ1v) is 22.3. The molecule has 0 radical (unpaired) electrons. The van der Waals surface area contributed by atoms with Gasteiger partial charge >= 0.3 is 0 Å². The van der Waals surface area contributed by atoms with Crippen LogP contribution in [-0.2, 0) is 0 Å². The molecule has 0 fully saturated rings. The van der Waals surface area contributed by atoms with E-state index in [9.17, 15) is 0 Å². The SMILES string of the molecule is C=C/C=C(\C=C/C)n1c(/C=C\C)c(C=C)c2cc(-c3ccc4c(c3)C3=c5c(nc6ccccc6c5=CCN3)N4c3cccc(-c4nc(-c5ccccc5)nc(-c5ccccc5)n4)c3)ccc21. The van der Waals surface area contributed by atoms with Gasteiger partial charge in [0.05, 0.1) is 28.1 Å². The van der Waals surface area contributed by atoms with Gasteiger partial charge in [-0.2, -0.15) is 0 Å². The van der Waals surface area contributed by atoms with Gasteiger partial charge in [-0.25, -0.2) is 19.9 Å². The lowest BCUT2D eigenvalue weighted by molar-refractivity contribution is 0.988. The molecule has 9 aromatic rings. The fraction of sp³-hybridized carbons (Fsp3) is 0.0508. The first-order chi connectivity index (χ1) is 32.6. The summed E-state index contributed by atoms with van der Waals surface area (Å²) < 4.78 is 2.28. The lowest BCUT2D eigenvalue weighted by Gasteiger charge is -2.34. The summed E-state index contributed by atoms with van der Waals surface area (Å²) in [6.07, 6.45) is 16.5. The van der Waals surface area contributed by atoms with Crippen LogP contribution in [0.5, 0.6) is 0 Å². The van der Waals surface area contributed by atoms with Gasteiger partial charge in [-0.3, -0.25) is 4.90 Å². The lowest BCUT2D eigenvalue weighted by Crippen LogP contribution is -2.44. The standard InChI is InChI=1S/C59H45N7/c1-5-18-43(19-6-2)65-51(20-7-3)45(8-4)48-36-40(29-31-52(48)65)41-30-32-53-49(37-41)55-54-47(33-34-60-55)46-27-15-16-28-50(46)61-59(54)66(53)44-26-17-25-42(35-44)58-63-56(38-21-11-9-12-22-38)62-57(64-58)39-23-13-10-14-24-39/h5-33,35-37,60H,1,4,34H2,2-3H3/b19-6-,20-7-,43-18+. The Hall–Kier alpha value is -8.68. The molecule has 0 bridgehead atoms. The predicted molar refractivity (Wildman–Crippen MR) is 275 cm³/mol. The van der Waals surface area contributed by atoms with Crippen LogP contribution in [0.25, 0.3) is 96.7 Å². The summed E-state index contributed by atoms with van der Waals surface area (Å²) in [5.74, 6) is 2.69. The molecule has 0 spiro atoms. The van der Waals surface area contributed by atoms with Crippen molar-refractivity contribution < 1.29 is 0 Å². The monoisotopic (exact) mass is 851 g/mol. The van der Waals surface area contributed by atoms with Crippen LogP contribution < -0.4 is 20.7 Å². The minimum absolute atomic E-state index is 0.589. The smallest absolute Gasteiger partial charge is 0.164 e. The van der Waals surface area contributed by atoms with Gasteiger partial charge in [0.1, 0.15) is 5.82 Å². The van der Waals surface area contributed by atoms with Crippen molar-refractivity contribution >= 4 is 68.6 Å². The van der Waals surface area contributed by atoms with Crippen molar-refractivity contribution in [3.05, 3.63) is 216 Å². The zero-order valence-corrected chi connectivity index (χ0v) is 36.8. The minimum Gasteiger partial charge on any atom is -0.380 e. The van der Waals surface area contributed by atoms with Crippen molar-refractivity contribution in [2.24, 2.45) is 0 Å². The van der Waals surface area contributed by atoms with Gasteiger partial charge in [0.25, 0.3) is 0 Å². The maximum Gasteiger partial charge on any atom is 0.164 e. The minimum atomic E-state index is 0.589. The average Bonchev–Trinajstić information content (AvgIpc) is 3.68. The van der Waals surface area contributed by atoms with Crippen molar-refractivity contribution in [1.82, 2.24) is 29.8 Å². The molecular weight excluding hydrogens is 807 g/mol. The number of para-hydroxylation sites is 1. The summed E-state index contributed by atoms with van der Waals surface area (Å²) in [4.78, 5) is 22.9. The molecule has 11 rings (SSSR count). The Morgan fingerprint density at radius 2 is 1.32 bits per heavy atom. The molecule has 66 heavy (non-hydrogen) atoms. The molecule has 1 N–H and O–H groups in total. The van der Waals surface area contributed by atoms with Gasteiger partial charge in [-0.15, -0.1) is 0 Å². The van der Waals surface area contributed by atoms with E-state index in [2.05, 4.69) is 143 Å². The number of fused-ring (bicyclic) bond motifs is 5. The predicted octanol–water partition coefficient (Wildman–Crippen LogP) is 12.6. The van der Waals surface area contributed by atoms with Crippen LogP contribution in [0.2, 0.25) is 0 Å². The molecule has 7 heteroatoms. The van der Waals surface area contributed by atoms with E-state index in [1.807, 2.05) is 92.7 Å². The fourth-order valence-electron chi connectivity index (χ4n) is 9.45. The molecule has 3 aromatic heterocycles. The first-order valence-electron chi connectivity index (χ1n) is 22.3. The quantitative estimate of drug-likeness (QED) is 0.138. The fourth-order valence-corrected chi connectivity index (χ4v) is 9.45. The van der Waals surface area contributed by atoms with Crippen molar-refractivity contribution in [1.29, 1.82) is 0 Å². The molecule has 0 unspecified atom stereocenters. The number of nitrogens with one attached hydrogen (secondary N) is 1. The van der Waals surface area contributed by atoms with Gasteiger partial charge in [-0.05, 0) is 90.9 Å². The highest BCUT2D eigenvalue weighted by Gasteiger charge is 2.30. The van der Waals surface area contributed by atoms with Crippen LogP contribution in [0.4, 0.5) is 17.2 Å². The zero-order chi connectivity index (χ0) is 44.7. The second-order valence-electron chi connectivity index (χ2n) is 16.3. The van der Waals surface area contributed by atoms with E-state index in [4.69, 9.17) is 19.9 Å². The molecular formula is C59H45N7. The number of pyridine rings is 1. The van der Waals surface area contributed by atoms with E-state index < -0.39 is 0 Å². The van der Waals surface area contributed by atoms with Crippen molar-refractivity contribution in [3.8, 4) is 45.3 Å². The summed E-state index contributed by atoms with van der Waals surface area (Å²) in [6, 6.07) is 50.6. The normalized spacial score (nSPS) is 13.2. The van der Waals surface area contributed by atoms with Gasteiger partial charge in [-0.1, -0.05) is 147 Å². The highest BCUT2D eigenvalue weighted by molar-refractivity contribution is 6.01. The van der Waals surface area contributed by atoms with E-state index >= 15 is 0 Å². The third-order valence-electron chi connectivity index (χ3n) is 12.3. The number of hydrogen-bond acceptors (Lipinski definition) is 6. The zero-order valence-electron chi connectivity index (χ0n) is 36.8. The van der Waals surface area contributed by atoms with E-state index in [1.165, 1.54) is 5.22 Å². The van der Waals surface area contributed by atoms with E-state index in [0.29, 0.717) is 24.0 Å². The molecule has 2 aliphatic rings. The summed E-state index contributed by atoms with van der Waals surface area (Å²) in [5.41, 5.74) is 14.3. The highest BCUT2D eigenvalue weighted by atomic mass is 15.2. The molecule has 0 saturated carbocycles. The molecule has 2 aliphatic heterocycles. The first kappa shape index (κ1) is 40.1. The van der Waals surface area contributed by atoms with Gasteiger partial charge in [0.15, 0.2) is 17.5 Å². The molecule has 0 saturated heterocycles. The number of allylic oxidation sites excluding steroid dienone is 6. The number of anilines is 3. The second-order valence-corrected chi connectivity index (χ2v) is 16.3. The number of hydrogen-bond donors (Lipinski definition) is 1. The maximum absolute atomic E-state index is 5.45. The number of benzene rings is 6. The summed E-state index contributed by atoms with van der Waals surface area (Å²) in [7, 11) is 0. The van der Waals surface area contributed by atoms with E-state index in [-0.39, 0.29) is 0 Å². The Balaban J connectivity index is 1.11. The third kappa shape index (κ3) is 6.77. The van der Waals surface area contributed by atoms with Crippen molar-refractivity contribution in [3.63, 3.8) is 0 Å². The van der Waals surface area contributed by atoms with Gasteiger partial charge < -0.3 is 9.88 Å². The Kier molecular flexibility index (Phi) is 10.2. The third-order valence-corrected chi connectivity index (χ3v) is 12.3. The summed E-state index contributed by atoms with van der Waals surface area (Å²) in [6.45, 7) is 13.1. The Morgan fingerprint density at radius 3 is 2.03 bits per heavy atom. The topological polar surface area (TPSA) is 71.8 Å². The highest BCUT2D eigenvalue weighted by Crippen LogP contribution is 2.43. The Labute approximate surface area is 383 Å². The van der Waals surface area contributed by atoms with Crippen molar-refractivity contribution in [2.75, 3.05) is 11.4 Å². The Morgan fingerprint density at radius 1 is 0.636 bits per heavy atom. The molecule has 0 aliphatic carbocycles. The van der Waals surface area contributed by atoms with Crippen LogP contribution in [0.15, 0.2) is 189 Å². The molecule has 6 aromatic carbocycles. The van der Waals surface area contributed by atoms with Gasteiger partial charge in [0.2, 0.25) is 0 Å². The van der Waals surface area contributed by atoms with Crippen LogP contribution in [0.1, 0.15) is 30.7 Å². The second kappa shape index (κ2) is 16.8. The largest absolute Gasteiger partial charge is 0.380 e. The number of rotatable bonds is 10.